The minimum atomic E-state index is -4.76. The van der Waals surface area contributed by atoms with Gasteiger partial charge in [-0.3, -0.25) is 4.79 Å². The Labute approximate surface area is 120 Å². The van der Waals surface area contributed by atoms with E-state index in [2.05, 4.69) is 10.1 Å². The summed E-state index contributed by atoms with van der Waals surface area (Å²) in [5.41, 5.74) is 5.79. The van der Waals surface area contributed by atoms with Crippen molar-refractivity contribution in [1.82, 2.24) is 0 Å². The highest BCUT2D eigenvalue weighted by Crippen LogP contribution is 2.25. The van der Waals surface area contributed by atoms with E-state index < -0.39 is 18.0 Å². The van der Waals surface area contributed by atoms with Gasteiger partial charge in [-0.05, 0) is 19.1 Å². The van der Waals surface area contributed by atoms with Crippen molar-refractivity contribution in [3.63, 3.8) is 0 Å². The number of carbonyl (C=O) groups excluding carboxylic acids is 1. The van der Waals surface area contributed by atoms with E-state index in [1.165, 1.54) is 12.1 Å². The summed E-state index contributed by atoms with van der Waals surface area (Å²) in [6.07, 6.45) is -4.76. The molecule has 0 heterocycles. The van der Waals surface area contributed by atoms with E-state index in [-0.39, 0.29) is 30.0 Å². The number of rotatable bonds is 4. The Hall–Kier alpha value is -1.47. The molecule has 3 N–H and O–H groups in total. The number of ether oxygens (including phenoxy) is 1. The van der Waals surface area contributed by atoms with Gasteiger partial charge in [-0.2, -0.15) is 0 Å². The third-order valence-electron chi connectivity index (χ3n) is 2.54. The highest BCUT2D eigenvalue weighted by Gasteiger charge is 2.31. The van der Waals surface area contributed by atoms with Crippen molar-refractivity contribution in [3.05, 3.63) is 24.3 Å². The average molecular weight is 313 g/mol. The molecule has 1 aromatic carbocycles. The fraction of sp³-hybridized carbons (Fsp3) is 0.417. The molecule has 4 nitrogen and oxygen atoms in total. The second-order valence-corrected chi connectivity index (χ2v) is 4.21. The quantitative estimate of drug-likeness (QED) is 0.898. The summed E-state index contributed by atoms with van der Waals surface area (Å²) in [6, 6.07) is 4.72. The van der Waals surface area contributed by atoms with E-state index in [0.717, 1.165) is 12.1 Å². The SMILES string of the molecule is CC(N)C(C)C(=O)Nc1cccc(OC(F)(F)F)c1.Cl. The number of nitrogens with two attached hydrogens (primary N) is 1. The molecule has 2 unspecified atom stereocenters. The molecule has 0 radical (unpaired) electrons. The zero-order valence-electron chi connectivity index (χ0n) is 10.9. The molecule has 0 aliphatic heterocycles. The Bertz CT molecular complexity index is 453. The predicted octanol–water partition coefficient (Wildman–Crippen LogP) is 2.93. The monoisotopic (exact) mass is 312 g/mol. The minimum absolute atomic E-state index is 0. The van der Waals surface area contributed by atoms with E-state index in [9.17, 15) is 18.0 Å². The molecule has 0 saturated carbocycles. The van der Waals surface area contributed by atoms with Crippen molar-refractivity contribution < 1.29 is 22.7 Å². The van der Waals surface area contributed by atoms with Crippen molar-refractivity contribution in [2.45, 2.75) is 26.3 Å². The molecule has 0 aromatic heterocycles. The fourth-order valence-corrected chi connectivity index (χ4v) is 1.27. The van der Waals surface area contributed by atoms with Crippen LogP contribution in [0.5, 0.6) is 5.75 Å². The molecular formula is C12H16ClF3N2O2. The standard InChI is InChI=1S/C12H15F3N2O2.ClH/c1-7(8(2)16)11(18)17-9-4-3-5-10(6-9)19-12(13,14)15;/h3-8H,16H2,1-2H3,(H,17,18);1H. The summed E-state index contributed by atoms with van der Waals surface area (Å²) in [4.78, 5) is 11.7. The van der Waals surface area contributed by atoms with Gasteiger partial charge in [0, 0.05) is 17.8 Å². The van der Waals surface area contributed by atoms with Crippen LogP contribution in [0.4, 0.5) is 18.9 Å². The fourth-order valence-electron chi connectivity index (χ4n) is 1.27. The molecule has 0 aliphatic rings. The van der Waals surface area contributed by atoms with Crippen LogP contribution >= 0.6 is 12.4 Å². The predicted molar refractivity (Wildman–Crippen MR) is 71.8 cm³/mol. The lowest BCUT2D eigenvalue weighted by Crippen LogP contribution is -2.34. The van der Waals surface area contributed by atoms with E-state index >= 15 is 0 Å². The van der Waals surface area contributed by atoms with Crippen molar-refractivity contribution in [1.29, 1.82) is 0 Å². The smallest absolute Gasteiger partial charge is 0.406 e. The number of halogens is 4. The average Bonchev–Trinajstić information content (AvgIpc) is 2.25. The van der Waals surface area contributed by atoms with Crippen molar-refractivity contribution in [2.24, 2.45) is 11.7 Å². The molecule has 2 atom stereocenters. The third kappa shape index (κ3) is 6.12. The van der Waals surface area contributed by atoms with Gasteiger partial charge in [-0.1, -0.05) is 13.0 Å². The van der Waals surface area contributed by atoms with Crippen LogP contribution < -0.4 is 15.8 Å². The van der Waals surface area contributed by atoms with Gasteiger partial charge in [0.1, 0.15) is 5.75 Å². The van der Waals surface area contributed by atoms with Gasteiger partial charge in [0.2, 0.25) is 5.91 Å². The number of hydrogen-bond acceptors (Lipinski definition) is 3. The van der Waals surface area contributed by atoms with Crippen LogP contribution in [-0.2, 0) is 4.79 Å². The summed E-state index contributed by atoms with van der Waals surface area (Å²) < 4.78 is 39.9. The second-order valence-electron chi connectivity index (χ2n) is 4.21. The number of anilines is 1. The Morgan fingerprint density at radius 2 is 1.95 bits per heavy atom. The molecule has 1 rings (SSSR count). The van der Waals surface area contributed by atoms with Gasteiger partial charge in [0.15, 0.2) is 0 Å². The number of nitrogens with one attached hydrogen (secondary N) is 1. The van der Waals surface area contributed by atoms with Crippen LogP contribution in [0.25, 0.3) is 0 Å². The molecule has 1 aromatic rings. The summed E-state index contributed by atoms with van der Waals surface area (Å²) in [6.45, 7) is 3.31. The lowest BCUT2D eigenvalue weighted by Gasteiger charge is -2.16. The van der Waals surface area contributed by atoms with Crippen molar-refractivity contribution in [2.75, 3.05) is 5.32 Å². The number of alkyl halides is 3. The molecule has 0 bridgehead atoms. The van der Waals surface area contributed by atoms with Gasteiger partial charge < -0.3 is 15.8 Å². The maximum Gasteiger partial charge on any atom is 0.573 e. The largest absolute Gasteiger partial charge is 0.573 e. The van der Waals surface area contributed by atoms with Gasteiger partial charge in [-0.25, -0.2) is 0 Å². The number of carbonyl (C=O) groups is 1. The Kier molecular flexibility index (Phi) is 6.81. The van der Waals surface area contributed by atoms with Crippen LogP contribution in [0.15, 0.2) is 24.3 Å². The van der Waals surface area contributed by atoms with Gasteiger partial charge in [0.05, 0.1) is 5.92 Å². The Balaban J connectivity index is 0.00000361. The molecule has 1 amide bonds. The van der Waals surface area contributed by atoms with Crippen LogP contribution in [-0.4, -0.2) is 18.3 Å². The third-order valence-corrected chi connectivity index (χ3v) is 2.54. The topological polar surface area (TPSA) is 64.4 Å². The van der Waals surface area contributed by atoms with Gasteiger partial charge in [-0.15, -0.1) is 25.6 Å². The van der Waals surface area contributed by atoms with E-state index in [1.807, 2.05) is 0 Å². The minimum Gasteiger partial charge on any atom is -0.406 e. The zero-order chi connectivity index (χ0) is 14.6. The van der Waals surface area contributed by atoms with Gasteiger partial charge >= 0.3 is 6.36 Å². The summed E-state index contributed by atoms with van der Waals surface area (Å²) in [5, 5.41) is 2.48. The lowest BCUT2D eigenvalue weighted by atomic mass is 10.0. The first-order chi connectivity index (χ1) is 8.69. The number of hydrogen-bond donors (Lipinski definition) is 2. The number of benzene rings is 1. The molecule has 0 aliphatic carbocycles. The van der Waals surface area contributed by atoms with Crippen LogP contribution in [0, 0.1) is 5.92 Å². The second kappa shape index (κ2) is 7.35. The molecule has 20 heavy (non-hydrogen) atoms. The molecule has 0 saturated heterocycles. The molecule has 114 valence electrons. The molecular weight excluding hydrogens is 297 g/mol. The van der Waals surface area contributed by atoms with Crippen LogP contribution in [0.3, 0.4) is 0 Å². The molecule has 8 heteroatoms. The maximum absolute atomic E-state index is 12.0. The lowest BCUT2D eigenvalue weighted by molar-refractivity contribution is -0.274. The zero-order valence-corrected chi connectivity index (χ0v) is 11.7. The van der Waals surface area contributed by atoms with E-state index in [4.69, 9.17) is 5.73 Å². The first kappa shape index (κ1) is 18.5. The Morgan fingerprint density at radius 3 is 2.45 bits per heavy atom. The van der Waals surface area contributed by atoms with Crippen LogP contribution in [0.2, 0.25) is 0 Å². The molecule has 0 fully saturated rings. The summed E-state index contributed by atoms with van der Waals surface area (Å²) in [7, 11) is 0. The summed E-state index contributed by atoms with van der Waals surface area (Å²) >= 11 is 0. The van der Waals surface area contributed by atoms with E-state index in [1.54, 1.807) is 13.8 Å². The summed E-state index contributed by atoms with van der Waals surface area (Å²) in [5.74, 6) is -1.20. The number of amides is 1. The maximum atomic E-state index is 12.0. The van der Waals surface area contributed by atoms with Crippen LogP contribution in [0.1, 0.15) is 13.8 Å². The highest BCUT2D eigenvalue weighted by atomic mass is 35.5. The molecule has 0 spiro atoms. The van der Waals surface area contributed by atoms with E-state index in [0.29, 0.717) is 0 Å². The Morgan fingerprint density at radius 1 is 1.35 bits per heavy atom. The van der Waals surface area contributed by atoms with Gasteiger partial charge in [0.25, 0.3) is 0 Å². The normalized spacial score (nSPS) is 13.9. The highest BCUT2D eigenvalue weighted by molar-refractivity contribution is 5.92. The van der Waals surface area contributed by atoms with Crippen molar-refractivity contribution in [3.8, 4) is 5.75 Å². The first-order valence-electron chi connectivity index (χ1n) is 5.61. The van der Waals surface area contributed by atoms with Crippen molar-refractivity contribution >= 4 is 24.0 Å². The first-order valence-corrected chi connectivity index (χ1v) is 5.61.